The molecule has 1 saturated heterocycles. The maximum atomic E-state index is 12.6. The summed E-state index contributed by atoms with van der Waals surface area (Å²) in [5, 5.41) is 0. The fraction of sp³-hybridized carbons (Fsp3) is 0.667. The standard InChI is InChI=1S/C12H20N2O3S2/c1-2-10-9-17-8-7-14(10)19(15,16)12-4-3-11(18-12)5-6-13/h3-4,10H,2,5-9,13H2,1H3. The lowest BCUT2D eigenvalue weighted by molar-refractivity contribution is 0.0315. The Balaban J connectivity index is 2.24. The average Bonchev–Trinajstić information content (AvgIpc) is 2.88. The van der Waals surface area contributed by atoms with Crippen molar-refractivity contribution in [1.29, 1.82) is 0 Å². The number of rotatable bonds is 5. The largest absolute Gasteiger partial charge is 0.378 e. The summed E-state index contributed by atoms with van der Waals surface area (Å²) >= 11 is 1.32. The average molecular weight is 304 g/mol. The number of morpholine rings is 1. The molecule has 19 heavy (non-hydrogen) atoms. The summed E-state index contributed by atoms with van der Waals surface area (Å²) in [6, 6.07) is 3.48. The van der Waals surface area contributed by atoms with Crippen molar-refractivity contribution in [2.24, 2.45) is 5.73 Å². The quantitative estimate of drug-likeness (QED) is 0.882. The number of hydrogen-bond acceptors (Lipinski definition) is 5. The van der Waals surface area contributed by atoms with E-state index in [4.69, 9.17) is 10.5 Å². The van der Waals surface area contributed by atoms with Crippen LogP contribution >= 0.6 is 11.3 Å². The molecule has 0 saturated carbocycles. The minimum absolute atomic E-state index is 0.0567. The first-order chi connectivity index (χ1) is 9.09. The van der Waals surface area contributed by atoms with Crippen LogP contribution in [0.25, 0.3) is 0 Å². The molecule has 2 heterocycles. The fourth-order valence-corrected chi connectivity index (χ4v) is 5.34. The van der Waals surface area contributed by atoms with E-state index >= 15 is 0 Å². The van der Waals surface area contributed by atoms with E-state index in [0.717, 1.165) is 17.7 Å². The molecule has 1 fully saturated rings. The molecule has 2 N–H and O–H groups in total. The molecular formula is C12H20N2O3S2. The molecule has 1 aliphatic heterocycles. The van der Waals surface area contributed by atoms with Gasteiger partial charge < -0.3 is 10.5 Å². The van der Waals surface area contributed by atoms with Gasteiger partial charge in [0.2, 0.25) is 0 Å². The second-order valence-electron chi connectivity index (χ2n) is 4.51. The van der Waals surface area contributed by atoms with Crippen LogP contribution in [-0.2, 0) is 21.2 Å². The van der Waals surface area contributed by atoms with Crippen LogP contribution in [0.2, 0.25) is 0 Å². The normalized spacial score (nSPS) is 21.7. The van der Waals surface area contributed by atoms with Crippen molar-refractivity contribution < 1.29 is 13.2 Å². The second kappa shape index (κ2) is 6.32. The van der Waals surface area contributed by atoms with Gasteiger partial charge in [-0.15, -0.1) is 11.3 Å². The molecule has 7 heteroatoms. The predicted octanol–water partition coefficient (Wildman–Crippen LogP) is 1.05. The zero-order chi connectivity index (χ0) is 13.9. The topological polar surface area (TPSA) is 72.6 Å². The van der Waals surface area contributed by atoms with Gasteiger partial charge in [0.05, 0.1) is 13.2 Å². The lowest BCUT2D eigenvalue weighted by atomic mass is 10.2. The first-order valence-corrected chi connectivity index (χ1v) is 8.73. The summed E-state index contributed by atoms with van der Waals surface area (Å²) < 4.78 is 32.6. The predicted molar refractivity (Wildman–Crippen MR) is 75.9 cm³/mol. The van der Waals surface area contributed by atoms with Crippen LogP contribution in [0.5, 0.6) is 0 Å². The van der Waals surface area contributed by atoms with E-state index in [1.807, 2.05) is 13.0 Å². The lowest BCUT2D eigenvalue weighted by Crippen LogP contribution is -2.48. The Labute approximate surface area is 118 Å². The number of nitrogens with two attached hydrogens (primary N) is 1. The molecule has 1 atom stereocenters. The Morgan fingerprint density at radius 3 is 3.00 bits per heavy atom. The van der Waals surface area contributed by atoms with Crippen LogP contribution in [0.15, 0.2) is 16.3 Å². The summed E-state index contributed by atoms with van der Waals surface area (Å²) in [6.07, 6.45) is 1.49. The molecule has 0 bridgehead atoms. The molecular weight excluding hydrogens is 284 g/mol. The van der Waals surface area contributed by atoms with Gasteiger partial charge in [0, 0.05) is 17.5 Å². The Bertz CT molecular complexity index is 513. The molecule has 5 nitrogen and oxygen atoms in total. The van der Waals surface area contributed by atoms with Crippen LogP contribution in [0, 0.1) is 0 Å². The molecule has 2 rings (SSSR count). The Hall–Kier alpha value is -0.470. The maximum Gasteiger partial charge on any atom is 0.252 e. The van der Waals surface area contributed by atoms with Crippen LogP contribution in [0.4, 0.5) is 0 Å². The second-order valence-corrected chi connectivity index (χ2v) is 7.80. The fourth-order valence-electron chi connectivity index (χ4n) is 2.17. The van der Waals surface area contributed by atoms with Gasteiger partial charge in [-0.2, -0.15) is 4.31 Å². The number of sulfonamides is 1. The van der Waals surface area contributed by atoms with Crippen molar-refractivity contribution in [3.05, 3.63) is 17.0 Å². The van der Waals surface area contributed by atoms with E-state index in [0.29, 0.717) is 30.5 Å². The highest BCUT2D eigenvalue weighted by Crippen LogP contribution is 2.28. The highest BCUT2D eigenvalue weighted by molar-refractivity contribution is 7.91. The molecule has 0 amide bonds. The maximum absolute atomic E-state index is 12.6. The van der Waals surface area contributed by atoms with Crippen molar-refractivity contribution in [3.8, 4) is 0 Å². The Morgan fingerprint density at radius 1 is 1.53 bits per heavy atom. The number of thiophene rings is 1. The summed E-state index contributed by atoms with van der Waals surface area (Å²) in [6.45, 7) is 3.91. The van der Waals surface area contributed by atoms with Crippen LogP contribution in [0.3, 0.4) is 0 Å². The minimum atomic E-state index is -3.39. The van der Waals surface area contributed by atoms with E-state index < -0.39 is 10.0 Å². The summed E-state index contributed by atoms with van der Waals surface area (Å²) in [5.74, 6) is 0. The van der Waals surface area contributed by atoms with Crippen LogP contribution < -0.4 is 5.73 Å². The molecule has 1 aromatic heterocycles. The van der Waals surface area contributed by atoms with Gasteiger partial charge >= 0.3 is 0 Å². The SMILES string of the molecule is CCC1COCCN1S(=O)(=O)c1ccc(CCN)s1. The molecule has 1 aromatic rings. The van der Waals surface area contributed by atoms with Gasteiger partial charge in [0.1, 0.15) is 4.21 Å². The Kier molecular flexibility index (Phi) is 4.97. The first-order valence-electron chi connectivity index (χ1n) is 6.48. The molecule has 0 aromatic carbocycles. The lowest BCUT2D eigenvalue weighted by Gasteiger charge is -2.33. The molecule has 0 spiro atoms. The van der Waals surface area contributed by atoms with Crippen molar-refractivity contribution in [2.75, 3.05) is 26.3 Å². The Morgan fingerprint density at radius 2 is 2.32 bits per heavy atom. The van der Waals surface area contributed by atoms with Gasteiger partial charge in [-0.1, -0.05) is 6.92 Å². The van der Waals surface area contributed by atoms with Gasteiger partial charge in [-0.05, 0) is 31.5 Å². The zero-order valence-electron chi connectivity index (χ0n) is 11.0. The highest BCUT2D eigenvalue weighted by Gasteiger charge is 2.33. The smallest absolute Gasteiger partial charge is 0.252 e. The van der Waals surface area contributed by atoms with Crippen molar-refractivity contribution in [1.82, 2.24) is 4.31 Å². The van der Waals surface area contributed by atoms with E-state index in [1.54, 1.807) is 10.4 Å². The van der Waals surface area contributed by atoms with Crippen LogP contribution in [0.1, 0.15) is 18.2 Å². The van der Waals surface area contributed by atoms with Gasteiger partial charge in [0.25, 0.3) is 10.0 Å². The summed E-state index contributed by atoms with van der Waals surface area (Å²) in [5.41, 5.74) is 5.50. The number of hydrogen-bond donors (Lipinski definition) is 1. The molecule has 1 aliphatic rings. The van der Waals surface area contributed by atoms with Gasteiger partial charge in [-0.3, -0.25) is 0 Å². The van der Waals surface area contributed by atoms with Crippen molar-refractivity contribution in [2.45, 2.75) is 30.0 Å². The van der Waals surface area contributed by atoms with E-state index in [-0.39, 0.29) is 6.04 Å². The van der Waals surface area contributed by atoms with Gasteiger partial charge in [-0.25, -0.2) is 8.42 Å². The van der Waals surface area contributed by atoms with E-state index in [9.17, 15) is 8.42 Å². The molecule has 1 unspecified atom stereocenters. The third-order valence-corrected chi connectivity index (χ3v) is 6.80. The number of nitrogens with zero attached hydrogens (tertiary/aromatic N) is 1. The number of ether oxygens (including phenoxy) is 1. The van der Waals surface area contributed by atoms with Gasteiger partial charge in [0.15, 0.2) is 0 Å². The monoisotopic (exact) mass is 304 g/mol. The highest BCUT2D eigenvalue weighted by atomic mass is 32.2. The van der Waals surface area contributed by atoms with Crippen molar-refractivity contribution >= 4 is 21.4 Å². The van der Waals surface area contributed by atoms with Crippen molar-refractivity contribution in [3.63, 3.8) is 0 Å². The first kappa shape index (κ1) is 14.9. The summed E-state index contributed by atoms with van der Waals surface area (Å²) in [4.78, 5) is 1.02. The third-order valence-electron chi connectivity index (χ3n) is 3.24. The molecule has 108 valence electrons. The van der Waals surface area contributed by atoms with Crippen LogP contribution in [-0.4, -0.2) is 45.1 Å². The minimum Gasteiger partial charge on any atom is -0.378 e. The van der Waals surface area contributed by atoms with E-state index in [1.165, 1.54) is 11.3 Å². The summed E-state index contributed by atoms with van der Waals surface area (Å²) in [7, 11) is -3.39. The molecule has 0 aliphatic carbocycles. The molecule has 0 radical (unpaired) electrons. The third kappa shape index (κ3) is 3.17. The van der Waals surface area contributed by atoms with E-state index in [2.05, 4.69) is 0 Å². The zero-order valence-corrected chi connectivity index (χ0v) is 12.7.